The summed E-state index contributed by atoms with van der Waals surface area (Å²) in [5.41, 5.74) is 5.99. The number of nitrogens with zero attached hydrogens (tertiary/aromatic N) is 6. The van der Waals surface area contributed by atoms with Gasteiger partial charge in [0.25, 0.3) is 6.43 Å². The first-order valence-corrected chi connectivity index (χ1v) is 14.2. The van der Waals surface area contributed by atoms with Gasteiger partial charge in [-0.15, -0.1) is 0 Å². The van der Waals surface area contributed by atoms with E-state index in [-0.39, 0.29) is 25.8 Å². The van der Waals surface area contributed by atoms with Crippen molar-refractivity contribution in [2.45, 2.75) is 57.2 Å². The third-order valence-corrected chi connectivity index (χ3v) is 7.42. The lowest BCUT2D eigenvalue weighted by Gasteiger charge is -2.28. The number of para-hydroxylation sites is 2. The first kappa shape index (κ1) is 29.1. The number of anilines is 1. The van der Waals surface area contributed by atoms with Gasteiger partial charge in [0.1, 0.15) is 18.1 Å². The van der Waals surface area contributed by atoms with Crippen molar-refractivity contribution in [1.29, 1.82) is 0 Å². The minimum absolute atomic E-state index is 0. The molecule has 3 fully saturated rings. The highest BCUT2D eigenvalue weighted by molar-refractivity contribution is 5.78. The summed E-state index contributed by atoms with van der Waals surface area (Å²) in [4.78, 5) is 27.5. The number of carbonyl (C=O) groups excluding carboxylic acids is 1. The molecule has 2 aliphatic heterocycles. The van der Waals surface area contributed by atoms with Gasteiger partial charge in [0.2, 0.25) is 17.7 Å². The Hall–Kier alpha value is -3.45. The predicted molar refractivity (Wildman–Crippen MR) is 149 cm³/mol. The first-order valence-electron chi connectivity index (χ1n) is 14.2. The summed E-state index contributed by atoms with van der Waals surface area (Å²) < 4.78 is 53.3. The van der Waals surface area contributed by atoms with Crippen LogP contribution in [-0.4, -0.2) is 88.5 Å². The average molecular weight is 578 g/mol. The molecule has 2 saturated heterocycles. The second-order valence-electron chi connectivity index (χ2n) is 10.5. The Labute approximate surface area is 238 Å². The number of hydrogen-bond acceptors (Lipinski definition) is 8. The van der Waals surface area contributed by atoms with Crippen LogP contribution in [-0.2, 0) is 9.53 Å². The molecule has 0 bridgehead atoms. The molecule has 1 amide bonds. The number of ether oxygens (including phenoxy) is 2. The fraction of sp³-hybridized carbons (Fsp3) is 0.571. The molecule has 41 heavy (non-hydrogen) atoms. The molecule has 2 N–H and O–H groups in total. The lowest BCUT2D eigenvalue weighted by Crippen LogP contribution is -2.37. The van der Waals surface area contributed by atoms with Gasteiger partial charge < -0.3 is 20.1 Å². The zero-order valence-corrected chi connectivity index (χ0v) is 22.9. The van der Waals surface area contributed by atoms with Gasteiger partial charge in [-0.25, -0.2) is 18.2 Å². The number of primary amides is 1. The standard InChI is InChI=1S/C22H25F2N5O2.C6H11FN2O.H2/c23-20(24)21-25-16-8-4-5-9-17(16)29(21)18-14-19(31-15-6-2-1-3-7-15)27-22(26-18)28-10-12-30-13-11-28;7-5-1-2-9(3-5)4-6(8)10;/h4-5,8-9,14-15,20H,1-3,6-7,10-13H2;5H,1-4H2,(H2,8,10);1H/t;5-;/m.1./s1. The van der Waals surface area contributed by atoms with Crippen LogP contribution in [0.5, 0.6) is 5.88 Å². The van der Waals surface area contributed by atoms with Crippen molar-refractivity contribution in [3.8, 4) is 11.7 Å². The quantitative estimate of drug-likeness (QED) is 0.448. The molecular formula is C28H38F3N7O3. The van der Waals surface area contributed by atoms with E-state index >= 15 is 0 Å². The number of fused-ring (bicyclic) bond motifs is 1. The molecule has 1 atom stereocenters. The van der Waals surface area contributed by atoms with Gasteiger partial charge in [0.15, 0.2) is 5.82 Å². The maximum absolute atomic E-state index is 13.9. The van der Waals surface area contributed by atoms with Crippen molar-refractivity contribution in [3.63, 3.8) is 0 Å². The molecule has 10 nitrogen and oxygen atoms in total. The molecule has 4 heterocycles. The van der Waals surface area contributed by atoms with Crippen LogP contribution < -0.4 is 15.4 Å². The van der Waals surface area contributed by atoms with Crippen LogP contribution in [0.4, 0.5) is 19.1 Å². The first-order chi connectivity index (χ1) is 19.9. The van der Waals surface area contributed by atoms with Crippen LogP contribution >= 0.6 is 0 Å². The van der Waals surface area contributed by atoms with E-state index in [2.05, 4.69) is 15.0 Å². The average Bonchev–Trinajstić information content (AvgIpc) is 3.57. The van der Waals surface area contributed by atoms with Crippen molar-refractivity contribution < 1.29 is 28.9 Å². The fourth-order valence-electron chi connectivity index (χ4n) is 5.42. The maximum Gasteiger partial charge on any atom is 0.296 e. The molecule has 3 aliphatic rings. The highest BCUT2D eigenvalue weighted by atomic mass is 19.3. The lowest BCUT2D eigenvalue weighted by molar-refractivity contribution is -0.118. The van der Waals surface area contributed by atoms with Gasteiger partial charge >= 0.3 is 0 Å². The molecule has 13 heteroatoms. The van der Waals surface area contributed by atoms with Crippen molar-refractivity contribution in [2.24, 2.45) is 5.73 Å². The Kier molecular flexibility index (Phi) is 9.55. The Morgan fingerprint density at radius 2 is 1.83 bits per heavy atom. The van der Waals surface area contributed by atoms with Crippen LogP contribution in [0.1, 0.15) is 52.2 Å². The monoisotopic (exact) mass is 577 g/mol. The van der Waals surface area contributed by atoms with Gasteiger partial charge in [0.05, 0.1) is 30.8 Å². The Morgan fingerprint density at radius 3 is 2.51 bits per heavy atom. The number of imidazole rings is 1. The summed E-state index contributed by atoms with van der Waals surface area (Å²) in [6.45, 7) is 3.64. The molecule has 0 radical (unpaired) electrons. The van der Waals surface area contributed by atoms with E-state index in [1.807, 2.05) is 4.90 Å². The molecule has 1 saturated carbocycles. The number of alkyl halides is 3. The summed E-state index contributed by atoms with van der Waals surface area (Å²) in [5, 5.41) is 0. The number of rotatable bonds is 7. The second kappa shape index (κ2) is 13.5. The molecule has 1 aromatic carbocycles. The Bertz CT molecular complexity index is 1320. The summed E-state index contributed by atoms with van der Waals surface area (Å²) in [7, 11) is 0. The highest BCUT2D eigenvalue weighted by Crippen LogP contribution is 2.30. The number of aromatic nitrogens is 4. The van der Waals surface area contributed by atoms with Gasteiger partial charge in [-0.2, -0.15) is 9.97 Å². The zero-order chi connectivity index (χ0) is 28.8. The SMILES string of the molecule is FC(F)c1nc2ccccc2n1-c1cc(OC2CCCCC2)nc(N2CCOCC2)n1.NC(=O)CN1CC[C@@H](F)C1.[HH]. The predicted octanol–water partition coefficient (Wildman–Crippen LogP) is 4.06. The third kappa shape index (κ3) is 7.45. The van der Waals surface area contributed by atoms with Crippen molar-refractivity contribution in [3.05, 3.63) is 36.2 Å². The van der Waals surface area contributed by atoms with Crippen molar-refractivity contribution in [1.82, 2.24) is 24.4 Å². The molecule has 6 rings (SSSR count). The molecule has 1 aliphatic carbocycles. The smallest absolute Gasteiger partial charge is 0.296 e. The van der Waals surface area contributed by atoms with E-state index in [1.165, 1.54) is 11.0 Å². The van der Waals surface area contributed by atoms with E-state index in [0.717, 1.165) is 25.7 Å². The van der Waals surface area contributed by atoms with E-state index in [4.69, 9.17) is 15.2 Å². The van der Waals surface area contributed by atoms with Crippen LogP contribution in [0.3, 0.4) is 0 Å². The zero-order valence-electron chi connectivity index (χ0n) is 22.9. The minimum Gasteiger partial charge on any atom is -0.474 e. The van der Waals surface area contributed by atoms with Gasteiger partial charge in [-0.3, -0.25) is 14.3 Å². The molecule has 0 unspecified atom stereocenters. The normalized spacial score (nSPS) is 20.3. The molecule has 224 valence electrons. The largest absolute Gasteiger partial charge is 0.474 e. The minimum atomic E-state index is -2.74. The Morgan fingerprint density at radius 1 is 1.07 bits per heavy atom. The van der Waals surface area contributed by atoms with E-state index in [9.17, 15) is 18.0 Å². The number of halogens is 3. The summed E-state index contributed by atoms with van der Waals surface area (Å²) in [6, 6.07) is 8.73. The topological polar surface area (TPSA) is 112 Å². The van der Waals surface area contributed by atoms with Crippen molar-refractivity contribution >= 4 is 22.9 Å². The van der Waals surface area contributed by atoms with Crippen molar-refractivity contribution in [2.75, 3.05) is 50.8 Å². The number of carbonyl (C=O) groups is 1. The highest BCUT2D eigenvalue weighted by Gasteiger charge is 2.25. The molecule has 0 spiro atoms. The van der Waals surface area contributed by atoms with Gasteiger partial charge in [-0.1, -0.05) is 18.6 Å². The Balaban J connectivity index is 0.000000314. The van der Waals surface area contributed by atoms with Gasteiger partial charge in [0, 0.05) is 33.7 Å². The van der Waals surface area contributed by atoms with Crippen LogP contribution in [0.15, 0.2) is 30.3 Å². The summed E-state index contributed by atoms with van der Waals surface area (Å²) in [6.07, 6.45) is 2.53. The molecular weight excluding hydrogens is 539 g/mol. The molecule has 3 aromatic rings. The fourth-order valence-corrected chi connectivity index (χ4v) is 5.42. The van der Waals surface area contributed by atoms with E-state index in [1.54, 1.807) is 35.2 Å². The number of hydrogen-bond donors (Lipinski definition) is 1. The lowest BCUT2D eigenvalue weighted by atomic mass is 9.98. The van der Waals surface area contributed by atoms with Gasteiger partial charge in [-0.05, 0) is 44.2 Å². The molecule has 2 aromatic heterocycles. The van der Waals surface area contributed by atoms with Crippen LogP contribution in [0.2, 0.25) is 0 Å². The third-order valence-electron chi connectivity index (χ3n) is 7.42. The number of amides is 1. The number of morpholine rings is 1. The van der Waals surface area contributed by atoms with E-state index < -0.39 is 12.6 Å². The number of benzene rings is 1. The maximum atomic E-state index is 13.9. The second-order valence-corrected chi connectivity index (χ2v) is 10.5. The number of likely N-dealkylation sites (tertiary alicyclic amines) is 1. The number of nitrogens with two attached hydrogens (primary N) is 1. The van der Waals surface area contributed by atoms with E-state index in [0.29, 0.717) is 74.5 Å². The summed E-state index contributed by atoms with van der Waals surface area (Å²) in [5.74, 6) is 0.498. The van der Waals surface area contributed by atoms with Crippen LogP contribution in [0, 0.1) is 0 Å². The van der Waals surface area contributed by atoms with Crippen LogP contribution in [0.25, 0.3) is 16.9 Å². The summed E-state index contributed by atoms with van der Waals surface area (Å²) >= 11 is 0.